The second-order valence-electron chi connectivity index (χ2n) is 4.96. The highest BCUT2D eigenvalue weighted by atomic mass is 16.4. The number of amides is 1. The fourth-order valence-electron chi connectivity index (χ4n) is 1.97. The van der Waals surface area contributed by atoms with Crippen molar-refractivity contribution >= 4 is 11.9 Å². The molecule has 4 nitrogen and oxygen atoms in total. The molecule has 0 spiro atoms. The quantitative estimate of drug-likeness (QED) is 0.888. The number of carboxylic acids is 1. The molecule has 1 rings (SSSR count). The Labute approximate surface area is 114 Å². The van der Waals surface area contributed by atoms with E-state index in [1.165, 1.54) is 11.9 Å². The molecule has 0 radical (unpaired) electrons. The lowest BCUT2D eigenvalue weighted by Crippen LogP contribution is -2.41. The Morgan fingerprint density at radius 1 is 1.21 bits per heavy atom. The number of rotatable bonds is 5. The summed E-state index contributed by atoms with van der Waals surface area (Å²) in [5.41, 5.74) is 1.68. The molecule has 0 saturated carbocycles. The van der Waals surface area contributed by atoms with Crippen LogP contribution < -0.4 is 0 Å². The van der Waals surface area contributed by atoms with Crippen molar-refractivity contribution in [3.8, 4) is 0 Å². The van der Waals surface area contributed by atoms with Gasteiger partial charge in [0.25, 0.3) is 5.91 Å². The van der Waals surface area contributed by atoms with Gasteiger partial charge in [-0.05, 0) is 30.0 Å². The van der Waals surface area contributed by atoms with E-state index in [4.69, 9.17) is 5.11 Å². The van der Waals surface area contributed by atoms with Crippen molar-refractivity contribution < 1.29 is 14.7 Å². The molecule has 0 fully saturated rings. The Morgan fingerprint density at radius 2 is 1.74 bits per heavy atom. The predicted molar refractivity (Wildman–Crippen MR) is 74.3 cm³/mol. The molecule has 0 aliphatic carbocycles. The second kappa shape index (κ2) is 6.36. The summed E-state index contributed by atoms with van der Waals surface area (Å²) in [5, 5.41) is 9.06. The molecule has 1 aromatic carbocycles. The molecule has 19 heavy (non-hydrogen) atoms. The van der Waals surface area contributed by atoms with Gasteiger partial charge in [0, 0.05) is 12.6 Å². The van der Waals surface area contributed by atoms with E-state index in [0.717, 1.165) is 5.56 Å². The van der Waals surface area contributed by atoms with Crippen molar-refractivity contribution in [2.24, 2.45) is 0 Å². The highest BCUT2D eigenvalue weighted by molar-refractivity contribution is 5.96. The SMILES string of the molecule is CCC(C(=O)O)N(C)C(=O)c1ccc(C(C)C)cc1. The normalized spacial score (nSPS) is 12.3. The van der Waals surface area contributed by atoms with Gasteiger partial charge in [0.05, 0.1) is 0 Å². The van der Waals surface area contributed by atoms with E-state index in [-0.39, 0.29) is 5.91 Å². The van der Waals surface area contributed by atoms with Crippen LogP contribution in [0.15, 0.2) is 24.3 Å². The van der Waals surface area contributed by atoms with Gasteiger partial charge in [-0.2, -0.15) is 0 Å². The van der Waals surface area contributed by atoms with Gasteiger partial charge in [0.2, 0.25) is 0 Å². The Kier molecular flexibility index (Phi) is 5.10. The van der Waals surface area contributed by atoms with Gasteiger partial charge >= 0.3 is 5.97 Å². The lowest BCUT2D eigenvalue weighted by atomic mass is 10.0. The molecule has 1 aromatic rings. The van der Waals surface area contributed by atoms with Crippen molar-refractivity contribution in [3.05, 3.63) is 35.4 Å². The molecule has 1 unspecified atom stereocenters. The molecule has 1 N–H and O–H groups in total. The Morgan fingerprint density at radius 3 is 2.11 bits per heavy atom. The van der Waals surface area contributed by atoms with Gasteiger partial charge in [0.1, 0.15) is 6.04 Å². The molecule has 1 amide bonds. The molecule has 0 aliphatic heterocycles. The number of carbonyl (C=O) groups is 2. The van der Waals surface area contributed by atoms with Crippen LogP contribution >= 0.6 is 0 Å². The maximum Gasteiger partial charge on any atom is 0.326 e. The summed E-state index contributed by atoms with van der Waals surface area (Å²) in [4.78, 5) is 24.5. The first-order valence-corrected chi connectivity index (χ1v) is 6.48. The smallest absolute Gasteiger partial charge is 0.326 e. The number of likely N-dealkylation sites (N-methyl/N-ethyl adjacent to an activating group) is 1. The molecule has 0 bridgehead atoms. The minimum absolute atomic E-state index is 0.260. The number of nitrogens with zero attached hydrogens (tertiary/aromatic N) is 1. The van der Waals surface area contributed by atoms with Gasteiger partial charge in [-0.25, -0.2) is 4.79 Å². The zero-order valence-electron chi connectivity index (χ0n) is 11.9. The van der Waals surface area contributed by atoms with Crippen molar-refractivity contribution in [3.63, 3.8) is 0 Å². The first kappa shape index (κ1) is 15.2. The number of aliphatic carboxylic acids is 1. The summed E-state index contributed by atoms with van der Waals surface area (Å²) in [6.07, 6.45) is 0.391. The third-order valence-corrected chi connectivity index (χ3v) is 3.28. The van der Waals surface area contributed by atoms with Gasteiger partial charge in [-0.1, -0.05) is 32.9 Å². The van der Waals surface area contributed by atoms with Crippen LogP contribution in [0, 0.1) is 0 Å². The summed E-state index contributed by atoms with van der Waals surface area (Å²) in [7, 11) is 1.53. The van der Waals surface area contributed by atoms with Crippen LogP contribution in [0.1, 0.15) is 49.0 Å². The molecule has 4 heteroatoms. The molecule has 0 aliphatic rings. The number of hydrogen-bond donors (Lipinski definition) is 1. The average Bonchev–Trinajstić information content (AvgIpc) is 2.38. The van der Waals surface area contributed by atoms with Gasteiger partial charge in [0.15, 0.2) is 0 Å². The minimum Gasteiger partial charge on any atom is -0.480 e. The predicted octanol–water partition coefficient (Wildman–Crippen LogP) is 2.75. The number of benzene rings is 1. The van der Waals surface area contributed by atoms with Crippen LogP contribution in [-0.4, -0.2) is 35.0 Å². The summed E-state index contributed by atoms with van der Waals surface area (Å²) >= 11 is 0. The Hall–Kier alpha value is -1.84. The number of carbonyl (C=O) groups excluding carboxylic acids is 1. The lowest BCUT2D eigenvalue weighted by Gasteiger charge is -2.23. The Balaban J connectivity index is 2.90. The van der Waals surface area contributed by atoms with Crippen LogP contribution in [0.4, 0.5) is 0 Å². The standard InChI is InChI=1S/C15H21NO3/c1-5-13(15(18)19)16(4)14(17)12-8-6-11(7-9-12)10(2)3/h6-10,13H,5H2,1-4H3,(H,18,19). The van der Waals surface area contributed by atoms with E-state index in [1.807, 2.05) is 12.1 Å². The largest absolute Gasteiger partial charge is 0.480 e. The first-order valence-electron chi connectivity index (χ1n) is 6.48. The maximum atomic E-state index is 12.2. The first-order chi connectivity index (χ1) is 8.88. The van der Waals surface area contributed by atoms with Crippen LogP contribution in [0.2, 0.25) is 0 Å². The highest BCUT2D eigenvalue weighted by Crippen LogP contribution is 2.16. The fraction of sp³-hybridized carbons (Fsp3) is 0.467. The minimum atomic E-state index is -0.975. The van der Waals surface area contributed by atoms with E-state index in [0.29, 0.717) is 17.9 Å². The van der Waals surface area contributed by atoms with Crippen molar-refractivity contribution in [1.29, 1.82) is 0 Å². The topological polar surface area (TPSA) is 57.6 Å². The summed E-state index contributed by atoms with van der Waals surface area (Å²) in [5.74, 6) is -0.828. The number of hydrogen-bond acceptors (Lipinski definition) is 2. The van der Waals surface area contributed by atoms with Crippen LogP contribution in [-0.2, 0) is 4.79 Å². The van der Waals surface area contributed by atoms with E-state index < -0.39 is 12.0 Å². The third kappa shape index (κ3) is 3.56. The lowest BCUT2D eigenvalue weighted by molar-refractivity contribution is -0.142. The zero-order valence-corrected chi connectivity index (χ0v) is 11.9. The summed E-state index contributed by atoms with van der Waals surface area (Å²) in [6, 6.07) is 6.55. The van der Waals surface area contributed by atoms with Gasteiger partial charge < -0.3 is 10.0 Å². The van der Waals surface area contributed by atoms with E-state index in [9.17, 15) is 9.59 Å². The molecule has 0 saturated heterocycles. The number of carboxylic acid groups (broad SMARTS) is 1. The van der Waals surface area contributed by atoms with Gasteiger partial charge in [-0.15, -0.1) is 0 Å². The molecular formula is C15H21NO3. The van der Waals surface area contributed by atoms with Crippen LogP contribution in [0.25, 0.3) is 0 Å². The molecule has 1 atom stereocenters. The average molecular weight is 263 g/mol. The van der Waals surface area contributed by atoms with E-state index in [2.05, 4.69) is 13.8 Å². The van der Waals surface area contributed by atoms with E-state index in [1.54, 1.807) is 19.1 Å². The van der Waals surface area contributed by atoms with Crippen LogP contribution in [0.3, 0.4) is 0 Å². The molecule has 0 heterocycles. The molecule has 104 valence electrons. The summed E-state index contributed by atoms with van der Waals surface area (Å²) < 4.78 is 0. The van der Waals surface area contributed by atoms with Crippen molar-refractivity contribution in [2.75, 3.05) is 7.05 Å². The maximum absolute atomic E-state index is 12.2. The summed E-state index contributed by atoms with van der Waals surface area (Å²) in [6.45, 7) is 5.92. The third-order valence-electron chi connectivity index (χ3n) is 3.28. The Bertz CT molecular complexity index is 451. The molecular weight excluding hydrogens is 242 g/mol. The van der Waals surface area contributed by atoms with E-state index >= 15 is 0 Å². The fourth-order valence-corrected chi connectivity index (χ4v) is 1.97. The van der Waals surface area contributed by atoms with Crippen molar-refractivity contribution in [1.82, 2.24) is 4.90 Å². The monoisotopic (exact) mass is 263 g/mol. The zero-order chi connectivity index (χ0) is 14.6. The van der Waals surface area contributed by atoms with Crippen LogP contribution in [0.5, 0.6) is 0 Å². The van der Waals surface area contributed by atoms with Gasteiger partial charge in [-0.3, -0.25) is 4.79 Å². The van der Waals surface area contributed by atoms with Crippen molar-refractivity contribution in [2.45, 2.75) is 39.2 Å². The highest BCUT2D eigenvalue weighted by Gasteiger charge is 2.25. The second-order valence-corrected chi connectivity index (χ2v) is 4.96. The molecule has 0 aromatic heterocycles.